The predicted molar refractivity (Wildman–Crippen MR) is 120 cm³/mol. The van der Waals surface area contributed by atoms with Gasteiger partial charge in [-0.1, -0.05) is 30.3 Å². The number of benzene rings is 2. The van der Waals surface area contributed by atoms with Crippen LogP contribution in [0.5, 0.6) is 5.75 Å². The second-order valence-corrected chi connectivity index (χ2v) is 7.58. The van der Waals surface area contributed by atoms with Crippen LogP contribution in [0.25, 0.3) is 0 Å². The Bertz CT molecular complexity index is 1100. The van der Waals surface area contributed by atoms with Gasteiger partial charge in [-0.3, -0.25) is 9.59 Å². The monoisotopic (exact) mass is 448 g/mol. The van der Waals surface area contributed by atoms with Crippen molar-refractivity contribution < 1.29 is 28.3 Å². The lowest BCUT2D eigenvalue weighted by Gasteiger charge is -2.25. The normalized spacial score (nSPS) is 16.2. The van der Waals surface area contributed by atoms with Crippen LogP contribution in [0.3, 0.4) is 0 Å². The Hall–Kier alpha value is -4.07. The summed E-state index contributed by atoms with van der Waals surface area (Å²) in [6.07, 6.45) is 1.33. The highest BCUT2D eigenvalue weighted by Gasteiger charge is 2.38. The smallest absolute Gasteiger partial charge is 0.329 e. The SMILES string of the molecule is COc1ccc(NC(=O)[C@@H](OC(=O)[C@@H]2CCCN2C(=O)c2ccco2)c2ccccc2)cc1. The number of hydrogen-bond acceptors (Lipinski definition) is 6. The van der Waals surface area contributed by atoms with Crippen LogP contribution in [0.1, 0.15) is 35.1 Å². The Kier molecular flexibility index (Phi) is 6.73. The number of hydrogen-bond donors (Lipinski definition) is 1. The number of carbonyl (C=O) groups is 3. The summed E-state index contributed by atoms with van der Waals surface area (Å²) in [5.74, 6) is -0.695. The average molecular weight is 448 g/mol. The highest BCUT2D eigenvalue weighted by atomic mass is 16.6. The summed E-state index contributed by atoms with van der Waals surface area (Å²) >= 11 is 0. The van der Waals surface area contributed by atoms with Crippen LogP contribution in [0, 0.1) is 0 Å². The van der Waals surface area contributed by atoms with Crippen molar-refractivity contribution in [1.82, 2.24) is 4.90 Å². The third-order valence-corrected chi connectivity index (χ3v) is 5.45. The zero-order chi connectivity index (χ0) is 23.2. The number of nitrogens with one attached hydrogen (secondary N) is 1. The standard InChI is InChI=1S/C25H24N2O6/c1-31-19-13-11-18(12-14-19)26-23(28)22(17-7-3-2-4-8-17)33-25(30)20-9-5-15-27(20)24(29)21-10-6-16-32-21/h2-4,6-8,10-14,16,20,22H,5,9,15H2,1H3,(H,26,28)/t20-,22-/m0/s1. The quantitative estimate of drug-likeness (QED) is 0.552. The van der Waals surface area contributed by atoms with Crippen LogP contribution in [0.2, 0.25) is 0 Å². The number of nitrogens with zero attached hydrogens (tertiary/aromatic N) is 1. The van der Waals surface area contributed by atoms with Gasteiger partial charge in [0.2, 0.25) is 6.10 Å². The van der Waals surface area contributed by atoms with Gasteiger partial charge in [0.1, 0.15) is 11.8 Å². The molecule has 4 rings (SSSR count). The molecule has 0 spiro atoms. The summed E-state index contributed by atoms with van der Waals surface area (Å²) in [5, 5.41) is 2.78. The molecule has 1 aromatic heterocycles. The van der Waals surface area contributed by atoms with E-state index in [9.17, 15) is 14.4 Å². The van der Waals surface area contributed by atoms with E-state index < -0.39 is 24.0 Å². The first-order chi connectivity index (χ1) is 16.1. The number of likely N-dealkylation sites (tertiary alicyclic amines) is 1. The lowest BCUT2D eigenvalue weighted by atomic mass is 10.1. The van der Waals surface area contributed by atoms with Crippen molar-refractivity contribution in [2.24, 2.45) is 0 Å². The van der Waals surface area contributed by atoms with Gasteiger partial charge in [0.15, 0.2) is 5.76 Å². The van der Waals surface area contributed by atoms with Crippen molar-refractivity contribution in [3.8, 4) is 5.75 Å². The number of methoxy groups -OCH3 is 1. The van der Waals surface area contributed by atoms with Gasteiger partial charge in [0.05, 0.1) is 13.4 Å². The number of amides is 2. The number of ether oxygens (including phenoxy) is 2. The van der Waals surface area contributed by atoms with E-state index in [1.807, 2.05) is 6.07 Å². The summed E-state index contributed by atoms with van der Waals surface area (Å²) < 4.78 is 16.0. The molecule has 0 bridgehead atoms. The van der Waals surface area contributed by atoms with Gasteiger partial charge in [-0.15, -0.1) is 0 Å². The molecule has 8 heteroatoms. The number of esters is 1. The van der Waals surface area contributed by atoms with E-state index in [1.165, 1.54) is 11.2 Å². The summed E-state index contributed by atoms with van der Waals surface area (Å²) in [5.41, 5.74) is 1.06. The van der Waals surface area contributed by atoms with Crippen LogP contribution in [-0.2, 0) is 14.3 Å². The third kappa shape index (κ3) is 5.06. The van der Waals surface area contributed by atoms with Crippen LogP contribution in [0.15, 0.2) is 77.4 Å². The molecule has 1 N–H and O–H groups in total. The van der Waals surface area contributed by atoms with Gasteiger partial charge >= 0.3 is 5.97 Å². The highest BCUT2D eigenvalue weighted by Crippen LogP contribution is 2.26. The van der Waals surface area contributed by atoms with Gasteiger partial charge in [0, 0.05) is 17.8 Å². The minimum absolute atomic E-state index is 0.159. The number of furan rings is 1. The summed E-state index contributed by atoms with van der Waals surface area (Å²) in [7, 11) is 1.56. The van der Waals surface area contributed by atoms with Crippen molar-refractivity contribution in [3.05, 3.63) is 84.3 Å². The predicted octanol–water partition coefficient (Wildman–Crippen LogP) is 3.82. The Balaban J connectivity index is 1.51. The van der Waals surface area contributed by atoms with Crippen molar-refractivity contribution in [3.63, 3.8) is 0 Å². The van der Waals surface area contributed by atoms with Gasteiger partial charge in [0.25, 0.3) is 11.8 Å². The molecule has 3 aromatic rings. The fourth-order valence-electron chi connectivity index (χ4n) is 3.77. The van der Waals surface area contributed by atoms with Crippen molar-refractivity contribution in [2.75, 3.05) is 19.0 Å². The fraction of sp³-hybridized carbons (Fsp3) is 0.240. The Labute approximate surface area is 191 Å². The molecule has 2 heterocycles. The van der Waals surface area contributed by atoms with Crippen LogP contribution in [0.4, 0.5) is 5.69 Å². The minimum atomic E-state index is -1.18. The molecular formula is C25H24N2O6. The van der Waals surface area contributed by atoms with Crippen molar-refractivity contribution in [1.29, 1.82) is 0 Å². The van der Waals surface area contributed by atoms with Crippen LogP contribution >= 0.6 is 0 Å². The molecule has 33 heavy (non-hydrogen) atoms. The van der Waals surface area contributed by atoms with Gasteiger partial charge < -0.3 is 24.1 Å². The first-order valence-corrected chi connectivity index (χ1v) is 10.6. The van der Waals surface area contributed by atoms with E-state index in [-0.39, 0.29) is 11.7 Å². The molecule has 1 aliphatic heterocycles. The molecule has 0 aliphatic carbocycles. The molecule has 2 atom stereocenters. The van der Waals surface area contributed by atoms with Crippen molar-refractivity contribution in [2.45, 2.75) is 25.0 Å². The van der Waals surface area contributed by atoms with E-state index in [0.717, 1.165) is 0 Å². The Morgan fingerprint density at radius 1 is 1.03 bits per heavy atom. The van der Waals surface area contributed by atoms with Crippen molar-refractivity contribution >= 4 is 23.5 Å². The van der Waals surface area contributed by atoms with Gasteiger partial charge in [-0.2, -0.15) is 0 Å². The first kappa shape index (κ1) is 22.1. The lowest BCUT2D eigenvalue weighted by molar-refractivity contribution is -0.158. The second-order valence-electron chi connectivity index (χ2n) is 7.58. The molecule has 8 nitrogen and oxygen atoms in total. The van der Waals surface area contributed by atoms with Gasteiger partial charge in [-0.25, -0.2) is 4.79 Å². The van der Waals surface area contributed by atoms with E-state index in [1.54, 1.807) is 67.8 Å². The van der Waals surface area contributed by atoms with E-state index >= 15 is 0 Å². The van der Waals surface area contributed by atoms with Crippen LogP contribution in [-0.4, -0.2) is 42.4 Å². The highest BCUT2D eigenvalue weighted by molar-refractivity contribution is 5.98. The molecule has 170 valence electrons. The maximum atomic E-state index is 13.1. The van der Waals surface area contributed by atoms with Gasteiger partial charge in [-0.05, 0) is 49.2 Å². The van der Waals surface area contributed by atoms with E-state index in [4.69, 9.17) is 13.9 Å². The summed E-state index contributed by atoms with van der Waals surface area (Å²) in [4.78, 5) is 40.4. The number of anilines is 1. The van der Waals surface area contributed by atoms with Crippen LogP contribution < -0.4 is 10.1 Å². The maximum Gasteiger partial charge on any atom is 0.329 e. The first-order valence-electron chi connectivity index (χ1n) is 10.6. The Morgan fingerprint density at radius 3 is 2.45 bits per heavy atom. The molecule has 0 saturated carbocycles. The number of carbonyl (C=O) groups excluding carboxylic acids is 3. The molecular weight excluding hydrogens is 424 g/mol. The summed E-state index contributed by atoms with van der Waals surface area (Å²) in [6.45, 7) is 0.410. The average Bonchev–Trinajstić information content (AvgIpc) is 3.56. The molecule has 1 fully saturated rings. The maximum absolute atomic E-state index is 13.1. The minimum Gasteiger partial charge on any atom is -0.497 e. The molecule has 2 amide bonds. The number of rotatable bonds is 7. The fourth-order valence-corrected chi connectivity index (χ4v) is 3.77. The van der Waals surface area contributed by atoms with E-state index in [0.29, 0.717) is 36.4 Å². The molecule has 1 saturated heterocycles. The topological polar surface area (TPSA) is 98.1 Å². The Morgan fingerprint density at radius 2 is 1.79 bits per heavy atom. The molecule has 2 aromatic carbocycles. The lowest BCUT2D eigenvalue weighted by Crippen LogP contribution is -2.42. The zero-order valence-corrected chi connectivity index (χ0v) is 18.1. The second kappa shape index (κ2) is 10.0. The largest absolute Gasteiger partial charge is 0.497 e. The van der Waals surface area contributed by atoms with E-state index in [2.05, 4.69) is 5.32 Å². The zero-order valence-electron chi connectivity index (χ0n) is 18.1. The molecule has 0 unspecified atom stereocenters. The summed E-state index contributed by atoms with van der Waals surface area (Å²) in [6, 6.07) is 18.0. The third-order valence-electron chi connectivity index (χ3n) is 5.45. The molecule has 1 aliphatic rings. The molecule has 0 radical (unpaired) electrons.